The highest BCUT2D eigenvalue weighted by atomic mass is 16.5. The van der Waals surface area contributed by atoms with Gasteiger partial charge >= 0.3 is 5.97 Å². The third kappa shape index (κ3) is 3.09. The van der Waals surface area contributed by atoms with E-state index >= 15 is 0 Å². The van der Waals surface area contributed by atoms with Gasteiger partial charge in [0, 0.05) is 12.6 Å². The molecule has 1 saturated heterocycles. The predicted octanol–water partition coefficient (Wildman–Crippen LogP) is 2.21. The van der Waals surface area contributed by atoms with Gasteiger partial charge in [-0.15, -0.1) is 0 Å². The minimum atomic E-state index is -0.884. The summed E-state index contributed by atoms with van der Waals surface area (Å²) in [6, 6.07) is 7.34. The first kappa shape index (κ1) is 13.1. The van der Waals surface area contributed by atoms with Crippen molar-refractivity contribution in [1.82, 2.24) is 5.32 Å². The van der Waals surface area contributed by atoms with E-state index in [1.807, 2.05) is 19.1 Å². The summed E-state index contributed by atoms with van der Waals surface area (Å²) in [5.74, 6) is -0.884. The number of piperidine rings is 1. The van der Waals surface area contributed by atoms with E-state index in [2.05, 4.69) is 5.32 Å². The fourth-order valence-electron chi connectivity index (χ4n) is 2.38. The van der Waals surface area contributed by atoms with Crippen LogP contribution in [-0.2, 0) is 4.74 Å². The summed E-state index contributed by atoms with van der Waals surface area (Å²) in [5.41, 5.74) is 1.46. The highest BCUT2D eigenvalue weighted by molar-refractivity contribution is 5.87. The lowest BCUT2D eigenvalue weighted by atomic mass is 9.95. The molecule has 1 aliphatic rings. The second-order valence-electron chi connectivity index (χ2n) is 4.54. The first-order valence-corrected chi connectivity index (χ1v) is 6.39. The van der Waals surface area contributed by atoms with Crippen molar-refractivity contribution in [3.8, 4) is 0 Å². The van der Waals surface area contributed by atoms with E-state index in [0.29, 0.717) is 11.7 Å². The van der Waals surface area contributed by atoms with Crippen molar-refractivity contribution in [3.63, 3.8) is 0 Å². The topological polar surface area (TPSA) is 58.6 Å². The Morgan fingerprint density at radius 2 is 2.17 bits per heavy atom. The quantitative estimate of drug-likeness (QED) is 0.859. The summed E-state index contributed by atoms with van der Waals surface area (Å²) in [7, 11) is 0. The van der Waals surface area contributed by atoms with Gasteiger partial charge in [0.1, 0.15) is 0 Å². The summed E-state index contributed by atoms with van der Waals surface area (Å²) >= 11 is 0. The maximum atomic E-state index is 10.8. The van der Waals surface area contributed by atoms with Gasteiger partial charge in [0.25, 0.3) is 0 Å². The SMILES string of the molecule is CCO[C@H]1CCN[C@H](c2ccc(C(=O)O)cc2)C1. The number of hydrogen-bond donors (Lipinski definition) is 2. The number of rotatable bonds is 4. The number of carboxylic acid groups (broad SMARTS) is 1. The third-order valence-electron chi connectivity index (χ3n) is 3.32. The lowest BCUT2D eigenvalue weighted by Crippen LogP contribution is -2.35. The Hall–Kier alpha value is -1.39. The molecule has 0 aliphatic carbocycles. The molecule has 0 aromatic heterocycles. The summed E-state index contributed by atoms with van der Waals surface area (Å²) < 4.78 is 5.66. The molecule has 2 N–H and O–H groups in total. The van der Waals surface area contributed by atoms with Crippen molar-refractivity contribution in [1.29, 1.82) is 0 Å². The van der Waals surface area contributed by atoms with Crippen LogP contribution in [0, 0.1) is 0 Å². The molecule has 1 fully saturated rings. The zero-order valence-electron chi connectivity index (χ0n) is 10.6. The zero-order valence-corrected chi connectivity index (χ0v) is 10.6. The van der Waals surface area contributed by atoms with Crippen LogP contribution in [0.25, 0.3) is 0 Å². The van der Waals surface area contributed by atoms with Crippen molar-refractivity contribution in [2.24, 2.45) is 0 Å². The maximum absolute atomic E-state index is 10.8. The number of aromatic carboxylic acids is 1. The van der Waals surface area contributed by atoms with Crippen LogP contribution in [0.15, 0.2) is 24.3 Å². The minimum absolute atomic E-state index is 0.262. The number of carboxylic acids is 1. The van der Waals surface area contributed by atoms with Crippen LogP contribution < -0.4 is 5.32 Å². The molecular weight excluding hydrogens is 230 g/mol. The monoisotopic (exact) mass is 249 g/mol. The molecule has 4 heteroatoms. The van der Waals surface area contributed by atoms with Crippen LogP contribution in [0.2, 0.25) is 0 Å². The molecule has 98 valence electrons. The molecule has 0 amide bonds. The normalized spacial score (nSPS) is 23.8. The molecule has 0 saturated carbocycles. The van der Waals surface area contributed by atoms with Gasteiger partial charge < -0.3 is 15.2 Å². The first-order chi connectivity index (χ1) is 8.70. The molecule has 1 aliphatic heterocycles. The lowest BCUT2D eigenvalue weighted by molar-refractivity contribution is 0.0297. The van der Waals surface area contributed by atoms with E-state index in [9.17, 15) is 4.79 Å². The van der Waals surface area contributed by atoms with Gasteiger partial charge in [0.15, 0.2) is 0 Å². The molecule has 1 aromatic carbocycles. The van der Waals surface area contributed by atoms with Crippen molar-refractivity contribution in [2.45, 2.75) is 31.9 Å². The van der Waals surface area contributed by atoms with Gasteiger partial charge in [-0.1, -0.05) is 12.1 Å². The Kier molecular flexibility index (Phi) is 4.33. The number of ether oxygens (including phenoxy) is 1. The summed E-state index contributed by atoms with van der Waals surface area (Å²) in [5, 5.41) is 12.3. The van der Waals surface area contributed by atoms with Crippen LogP contribution >= 0.6 is 0 Å². The maximum Gasteiger partial charge on any atom is 0.335 e. The van der Waals surface area contributed by atoms with Crippen LogP contribution in [0.4, 0.5) is 0 Å². The molecule has 4 nitrogen and oxygen atoms in total. The van der Waals surface area contributed by atoms with E-state index in [-0.39, 0.29) is 6.04 Å². The Morgan fingerprint density at radius 1 is 1.44 bits per heavy atom. The Balaban J connectivity index is 2.04. The lowest BCUT2D eigenvalue weighted by Gasteiger charge is -2.30. The molecule has 0 unspecified atom stereocenters. The van der Waals surface area contributed by atoms with Gasteiger partial charge in [0.05, 0.1) is 11.7 Å². The van der Waals surface area contributed by atoms with Gasteiger partial charge in [-0.3, -0.25) is 0 Å². The number of benzene rings is 1. The summed E-state index contributed by atoms with van der Waals surface area (Å²) in [4.78, 5) is 10.8. The Labute approximate surface area is 107 Å². The molecule has 0 radical (unpaired) electrons. The van der Waals surface area contributed by atoms with E-state index in [4.69, 9.17) is 9.84 Å². The predicted molar refractivity (Wildman–Crippen MR) is 68.8 cm³/mol. The van der Waals surface area contributed by atoms with E-state index in [1.165, 1.54) is 0 Å². The smallest absolute Gasteiger partial charge is 0.335 e. The van der Waals surface area contributed by atoms with Crippen molar-refractivity contribution in [3.05, 3.63) is 35.4 Å². The molecule has 1 aromatic rings. The standard InChI is InChI=1S/C14H19NO3/c1-2-18-12-7-8-15-13(9-12)10-3-5-11(6-4-10)14(16)17/h3-6,12-13,15H,2,7-9H2,1H3,(H,16,17)/t12-,13-/m0/s1. The van der Waals surface area contributed by atoms with Crippen LogP contribution in [0.1, 0.15) is 41.7 Å². The number of carbonyl (C=O) groups is 1. The zero-order chi connectivity index (χ0) is 13.0. The van der Waals surface area contributed by atoms with Crippen LogP contribution in [0.3, 0.4) is 0 Å². The van der Waals surface area contributed by atoms with E-state index in [0.717, 1.165) is 31.6 Å². The molecule has 1 heterocycles. The van der Waals surface area contributed by atoms with Gasteiger partial charge in [-0.05, 0) is 44.0 Å². The number of hydrogen-bond acceptors (Lipinski definition) is 3. The minimum Gasteiger partial charge on any atom is -0.478 e. The number of nitrogens with one attached hydrogen (secondary N) is 1. The van der Waals surface area contributed by atoms with Crippen molar-refractivity contribution in [2.75, 3.05) is 13.2 Å². The largest absolute Gasteiger partial charge is 0.478 e. The third-order valence-corrected chi connectivity index (χ3v) is 3.32. The average Bonchev–Trinajstić information content (AvgIpc) is 2.39. The second-order valence-corrected chi connectivity index (χ2v) is 4.54. The van der Waals surface area contributed by atoms with Gasteiger partial charge in [-0.2, -0.15) is 0 Å². The van der Waals surface area contributed by atoms with Gasteiger partial charge in [-0.25, -0.2) is 4.79 Å². The average molecular weight is 249 g/mol. The highest BCUT2D eigenvalue weighted by Gasteiger charge is 2.22. The molecule has 0 bridgehead atoms. The summed E-state index contributed by atoms with van der Waals surface area (Å²) in [6.07, 6.45) is 2.29. The van der Waals surface area contributed by atoms with Crippen molar-refractivity contribution >= 4 is 5.97 Å². The molecule has 18 heavy (non-hydrogen) atoms. The van der Waals surface area contributed by atoms with E-state index in [1.54, 1.807) is 12.1 Å². The van der Waals surface area contributed by atoms with Gasteiger partial charge in [0.2, 0.25) is 0 Å². The van der Waals surface area contributed by atoms with Crippen LogP contribution in [-0.4, -0.2) is 30.3 Å². The van der Waals surface area contributed by atoms with E-state index < -0.39 is 5.97 Å². The van der Waals surface area contributed by atoms with Crippen LogP contribution in [0.5, 0.6) is 0 Å². The molecule has 2 atom stereocenters. The Morgan fingerprint density at radius 3 is 2.78 bits per heavy atom. The molecule has 0 spiro atoms. The second kappa shape index (κ2) is 5.98. The van der Waals surface area contributed by atoms with Crippen molar-refractivity contribution < 1.29 is 14.6 Å². The molecule has 2 rings (SSSR count). The molecular formula is C14H19NO3. The first-order valence-electron chi connectivity index (χ1n) is 6.39. The highest BCUT2D eigenvalue weighted by Crippen LogP contribution is 2.25. The Bertz CT molecular complexity index is 400. The fourth-order valence-corrected chi connectivity index (χ4v) is 2.38. The fraction of sp³-hybridized carbons (Fsp3) is 0.500. The summed E-state index contributed by atoms with van der Waals surface area (Å²) in [6.45, 7) is 3.70.